The van der Waals surface area contributed by atoms with Gasteiger partial charge in [0.25, 0.3) is 0 Å². The summed E-state index contributed by atoms with van der Waals surface area (Å²) in [6, 6.07) is 0. The van der Waals surface area contributed by atoms with Crippen LogP contribution in [-0.2, 0) is 0 Å². The second-order valence-corrected chi connectivity index (χ2v) is 3.31. The normalized spacial score (nSPS) is 23.1. The van der Waals surface area contributed by atoms with E-state index in [1.54, 1.807) is 6.08 Å². The van der Waals surface area contributed by atoms with E-state index in [0.29, 0.717) is 0 Å². The lowest BCUT2D eigenvalue weighted by molar-refractivity contribution is -0.161. The highest BCUT2D eigenvalue weighted by molar-refractivity contribution is 5.20. The summed E-state index contributed by atoms with van der Waals surface area (Å²) in [7, 11) is 0. The van der Waals surface area contributed by atoms with E-state index in [4.69, 9.17) is 0 Å². The summed E-state index contributed by atoms with van der Waals surface area (Å²) < 4.78 is 36.8. The highest BCUT2D eigenvalue weighted by Crippen LogP contribution is 2.35. The summed E-state index contributed by atoms with van der Waals surface area (Å²) in [5.41, 5.74) is 0.910. The fourth-order valence-corrected chi connectivity index (χ4v) is 1.48. The maximum Gasteiger partial charge on any atom is 0.395 e. The zero-order valence-corrected chi connectivity index (χ0v) is 7.56. The van der Waals surface area contributed by atoms with E-state index in [9.17, 15) is 13.2 Å². The number of hydrogen-bond donors (Lipinski definition) is 0. The van der Waals surface area contributed by atoms with E-state index in [0.717, 1.165) is 18.4 Å². The van der Waals surface area contributed by atoms with Crippen LogP contribution < -0.4 is 0 Å². The predicted molar refractivity (Wildman–Crippen MR) is 46.3 cm³/mol. The first-order chi connectivity index (χ1) is 6.04. The summed E-state index contributed by atoms with van der Waals surface area (Å²) >= 11 is 0. The molecule has 0 amide bonds. The summed E-state index contributed by atoms with van der Waals surface area (Å²) in [4.78, 5) is 0. The Balaban J connectivity index is 2.59. The van der Waals surface area contributed by atoms with Crippen LogP contribution in [0.5, 0.6) is 0 Å². The molecule has 1 aliphatic rings. The van der Waals surface area contributed by atoms with E-state index < -0.39 is 12.1 Å². The molecule has 0 aliphatic heterocycles. The first-order valence-electron chi connectivity index (χ1n) is 4.47. The van der Waals surface area contributed by atoms with E-state index in [-0.39, 0.29) is 6.42 Å². The quantitative estimate of drug-likeness (QED) is 0.620. The van der Waals surface area contributed by atoms with Crippen LogP contribution >= 0.6 is 0 Å². The molecule has 1 unspecified atom stereocenters. The first kappa shape index (κ1) is 10.4. The minimum Gasteiger partial charge on any atom is -0.170 e. The molecule has 0 saturated heterocycles. The van der Waals surface area contributed by atoms with Crippen molar-refractivity contribution >= 4 is 0 Å². The number of halogens is 3. The van der Waals surface area contributed by atoms with Gasteiger partial charge in [0.15, 0.2) is 0 Å². The smallest absolute Gasteiger partial charge is 0.170 e. The SMILES string of the molecule is CCCC1=CC=CC(C(F)(F)F)C1. The molecule has 0 spiro atoms. The van der Waals surface area contributed by atoms with Crippen molar-refractivity contribution in [3.63, 3.8) is 0 Å². The zero-order chi connectivity index (χ0) is 9.90. The molecule has 1 rings (SSSR count). The van der Waals surface area contributed by atoms with Crippen molar-refractivity contribution in [1.29, 1.82) is 0 Å². The Morgan fingerprint density at radius 1 is 1.46 bits per heavy atom. The van der Waals surface area contributed by atoms with Crippen molar-refractivity contribution < 1.29 is 13.2 Å². The summed E-state index contributed by atoms with van der Waals surface area (Å²) in [5.74, 6) is -1.26. The second-order valence-electron chi connectivity index (χ2n) is 3.31. The highest BCUT2D eigenvalue weighted by atomic mass is 19.4. The third-order valence-electron chi connectivity index (χ3n) is 2.15. The van der Waals surface area contributed by atoms with Gasteiger partial charge >= 0.3 is 6.18 Å². The number of alkyl halides is 3. The monoisotopic (exact) mass is 190 g/mol. The third-order valence-corrected chi connectivity index (χ3v) is 2.15. The molecule has 1 atom stereocenters. The summed E-state index contributed by atoms with van der Waals surface area (Å²) in [6.45, 7) is 1.97. The van der Waals surface area contributed by atoms with Crippen LogP contribution in [0, 0.1) is 5.92 Å². The molecule has 3 heteroatoms. The molecular formula is C10H13F3. The summed E-state index contributed by atoms with van der Waals surface area (Å²) in [5, 5.41) is 0. The predicted octanol–water partition coefficient (Wildman–Crippen LogP) is 3.85. The van der Waals surface area contributed by atoms with Gasteiger partial charge in [-0.1, -0.05) is 37.1 Å². The van der Waals surface area contributed by atoms with E-state index in [2.05, 4.69) is 0 Å². The van der Waals surface area contributed by atoms with Gasteiger partial charge in [-0.15, -0.1) is 0 Å². The van der Waals surface area contributed by atoms with Gasteiger partial charge in [-0.3, -0.25) is 0 Å². The Morgan fingerprint density at radius 3 is 2.69 bits per heavy atom. The number of hydrogen-bond acceptors (Lipinski definition) is 0. The van der Waals surface area contributed by atoms with Gasteiger partial charge in [0.1, 0.15) is 0 Å². The molecule has 0 N–H and O–H groups in total. The van der Waals surface area contributed by atoms with Gasteiger partial charge in [0.05, 0.1) is 5.92 Å². The van der Waals surface area contributed by atoms with Crippen LogP contribution in [0.15, 0.2) is 23.8 Å². The van der Waals surface area contributed by atoms with Gasteiger partial charge in [0.2, 0.25) is 0 Å². The zero-order valence-electron chi connectivity index (χ0n) is 7.56. The first-order valence-corrected chi connectivity index (χ1v) is 4.47. The topological polar surface area (TPSA) is 0 Å². The molecule has 0 aromatic heterocycles. The Morgan fingerprint density at radius 2 is 2.15 bits per heavy atom. The maximum atomic E-state index is 12.3. The Kier molecular flexibility index (Phi) is 3.17. The molecule has 0 aromatic rings. The van der Waals surface area contributed by atoms with Crippen molar-refractivity contribution in [2.24, 2.45) is 5.92 Å². The summed E-state index contributed by atoms with van der Waals surface area (Å²) in [6.07, 6.45) is 2.30. The Hall–Kier alpha value is -0.730. The van der Waals surface area contributed by atoms with Gasteiger partial charge in [-0.05, 0) is 12.8 Å². The van der Waals surface area contributed by atoms with Crippen molar-refractivity contribution in [1.82, 2.24) is 0 Å². The molecule has 0 saturated carbocycles. The van der Waals surface area contributed by atoms with Crippen molar-refractivity contribution in [3.05, 3.63) is 23.8 Å². The Labute approximate surface area is 76.1 Å². The lowest BCUT2D eigenvalue weighted by Gasteiger charge is -2.20. The van der Waals surface area contributed by atoms with Crippen LogP contribution in [0.4, 0.5) is 13.2 Å². The highest BCUT2D eigenvalue weighted by Gasteiger charge is 2.38. The van der Waals surface area contributed by atoms with Gasteiger partial charge in [-0.2, -0.15) is 13.2 Å². The van der Waals surface area contributed by atoms with Gasteiger partial charge in [0, 0.05) is 0 Å². The third kappa shape index (κ3) is 2.90. The molecule has 1 aliphatic carbocycles. The molecule has 0 radical (unpaired) electrons. The Bertz CT molecular complexity index is 223. The van der Waals surface area contributed by atoms with Crippen molar-refractivity contribution in [2.75, 3.05) is 0 Å². The lowest BCUT2D eigenvalue weighted by atomic mass is 9.91. The molecule has 13 heavy (non-hydrogen) atoms. The van der Waals surface area contributed by atoms with E-state index in [1.807, 2.05) is 6.92 Å². The molecule has 0 heterocycles. The standard InChI is InChI=1S/C10H13F3/c1-2-4-8-5-3-6-9(7-8)10(11,12)13/h3,5-6,9H,2,4,7H2,1H3. The van der Waals surface area contributed by atoms with Crippen molar-refractivity contribution in [3.8, 4) is 0 Å². The molecule has 74 valence electrons. The fourth-order valence-electron chi connectivity index (χ4n) is 1.48. The van der Waals surface area contributed by atoms with Crippen LogP contribution in [0.3, 0.4) is 0 Å². The van der Waals surface area contributed by atoms with Gasteiger partial charge < -0.3 is 0 Å². The lowest BCUT2D eigenvalue weighted by Crippen LogP contribution is -2.22. The average Bonchev–Trinajstić information content (AvgIpc) is 2.04. The molecule has 0 aromatic carbocycles. The van der Waals surface area contributed by atoms with Gasteiger partial charge in [-0.25, -0.2) is 0 Å². The number of allylic oxidation sites excluding steroid dienone is 4. The van der Waals surface area contributed by atoms with Crippen LogP contribution in [-0.4, -0.2) is 6.18 Å². The minimum atomic E-state index is -4.08. The van der Waals surface area contributed by atoms with Crippen LogP contribution in [0.25, 0.3) is 0 Å². The van der Waals surface area contributed by atoms with E-state index >= 15 is 0 Å². The number of rotatable bonds is 2. The minimum absolute atomic E-state index is 0.147. The molecule has 0 nitrogen and oxygen atoms in total. The molecule has 0 bridgehead atoms. The fraction of sp³-hybridized carbons (Fsp3) is 0.600. The molecular weight excluding hydrogens is 177 g/mol. The van der Waals surface area contributed by atoms with Crippen LogP contribution in [0.1, 0.15) is 26.2 Å². The maximum absolute atomic E-state index is 12.3. The van der Waals surface area contributed by atoms with E-state index in [1.165, 1.54) is 12.2 Å². The average molecular weight is 190 g/mol. The van der Waals surface area contributed by atoms with Crippen molar-refractivity contribution in [2.45, 2.75) is 32.4 Å². The van der Waals surface area contributed by atoms with Crippen LogP contribution in [0.2, 0.25) is 0 Å². The second kappa shape index (κ2) is 3.99. The molecule has 0 fully saturated rings. The largest absolute Gasteiger partial charge is 0.395 e.